The van der Waals surface area contributed by atoms with Gasteiger partial charge in [-0.05, 0) is 82.4 Å². The van der Waals surface area contributed by atoms with E-state index in [1.165, 1.54) is 6.26 Å². The third kappa shape index (κ3) is 7.12. The summed E-state index contributed by atoms with van der Waals surface area (Å²) in [4.78, 5) is 31.3. The molecule has 12 heteroatoms. The molecule has 10 nitrogen and oxygen atoms in total. The molecule has 0 saturated heterocycles. The van der Waals surface area contributed by atoms with E-state index in [1.807, 2.05) is 24.6 Å². The number of ether oxygens (including phenoxy) is 1. The van der Waals surface area contributed by atoms with E-state index in [0.717, 1.165) is 54.2 Å². The summed E-state index contributed by atoms with van der Waals surface area (Å²) in [6, 6.07) is 3.99. The van der Waals surface area contributed by atoms with E-state index < -0.39 is 14.1 Å². The number of hydrogen-bond donors (Lipinski definition) is 2. The maximum atomic E-state index is 13.7. The summed E-state index contributed by atoms with van der Waals surface area (Å²) in [6.07, 6.45) is 5.60. The van der Waals surface area contributed by atoms with Crippen molar-refractivity contribution < 1.29 is 18.8 Å². The van der Waals surface area contributed by atoms with Crippen molar-refractivity contribution in [3.63, 3.8) is 0 Å². The maximum absolute atomic E-state index is 13.7. The summed E-state index contributed by atoms with van der Waals surface area (Å²) in [5.74, 6) is 0.600. The number of nitrogens with one attached hydrogen (secondary N) is 2. The first-order chi connectivity index (χ1) is 19.9. The van der Waals surface area contributed by atoms with Crippen molar-refractivity contribution in [1.29, 1.82) is 0 Å². The molecule has 0 spiro atoms. The number of aromatic nitrogens is 4. The highest BCUT2D eigenvalue weighted by Crippen LogP contribution is 2.51. The molecular formula is C30H41ClN6O4Si. The van der Waals surface area contributed by atoms with Gasteiger partial charge in [-0.3, -0.25) is 9.59 Å². The van der Waals surface area contributed by atoms with Gasteiger partial charge in [0.25, 0.3) is 5.91 Å². The van der Waals surface area contributed by atoms with Crippen LogP contribution >= 0.6 is 11.6 Å². The molecule has 3 aromatic rings. The van der Waals surface area contributed by atoms with Crippen LogP contribution in [0, 0.1) is 38.5 Å². The zero-order chi connectivity index (χ0) is 30.2. The van der Waals surface area contributed by atoms with Crippen LogP contribution in [-0.4, -0.2) is 52.5 Å². The standard InChI is InChI=1S/C30H41ClN6O4Si/c1-17-23(15-41-36-17)29(38)34-27(26(20-7-8-20)21-9-10-21)30(39)33-24-12-11-22(28(31)32-24)25-18(2)35-37(19(25)3)16-40-13-14-42(4,5)6/h11-12,15,20-21,26-27H,7-10,13-14,16H2,1-6H3,(H,34,38)(H,32,33,39)/t27-/m0/s1. The molecule has 3 aromatic heterocycles. The molecule has 0 aliphatic heterocycles. The van der Waals surface area contributed by atoms with Crippen molar-refractivity contribution in [2.45, 2.75) is 84.9 Å². The van der Waals surface area contributed by atoms with Gasteiger partial charge in [0.2, 0.25) is 5.91 Å². The van der Waals surface area contributed by atoms with Gasteiger partial charge in [0.05, 0.1) is 11.4 Å². The number of nitrogens with zero attached hydrogens (tertiary/aromatic N) is 4. The Morgan fingerprint density at radius 2 is 1.81 bits per heavy atom. The van der Waals surface area contributed by atoms with E-state index in [1.54, 1.807) is 13.0 Å². The van der Waals surface area contributed by atoms with Crippen LogP contribution in [0.2, 0.25) is 30.8 Å². The Morgan fingerprint density at radius 3 is 2.38 bits per heavy atom. The lowest BCUT2D eigenvalue weighted by Crippen LogP contribution is -2.50. The number of amides is 2. The third-order valence-electron chi connectivity index (χ3n) is 8.24. The number of anilines is 1. The lowest BCUT2D eigenvalue weighted by molar-refractivity contribution is -0.119. The number of carbonyl (C=O) groups excluding carboxylic acids is 2. The maximum Gasteiger partial charge on any atom is 0.257 e. The fraction of sp³-hybridized carbons (Fsp3) is 0.567. The Morgan fingerprint density at radius 1 is 1.12 bits per heavy atom. The van der Waals surface area contributed by atoms with Gasteiger partial charge in [0.1, 0.15) is 35.6 Å². The number of carbonyl (C=O) groups is 2. The second kappa shape index (κ2) is 12.3. The molecular weight excluding hydrogens is 572 g/mol. The minimum Gasteiger partial charge on any atom is -0.364 e. The Kier molecular flexibility index (Phi) is 8.91. The van der Waals surface area contributed by atoms with Crippen molar-refractivity contribution >= 4 is 37.3 Å². The van der Waals surface area contributed by atoms with E-state index in [-0.39, 0.29) is 22.9 Å². The molecule has 2 amide bonds. The molecule has 3 heterocycles. The molecule has 2 N–H and O–H groups in total. The first-order valence-corrected chi connectivity index (χ1v) is 18.8. The molecule has 5 rings (SSSR count). The second-order valence-corrected chi connectivity index (χ2v) is 18.9. The van der Waals surface area contributed by atoms with E-state index in [9.17, 15) is 9.59 Å². The molecule has 2 aliphatic carbocycles. The molecule has 1 atom stereocenters. The molecule has 0 bridgehead atoms. The highest BCUT2D eigenvalue weighted by Gasteiger charge is 2.48. The van der Waals surface area contributed by atoms with Gasteiger partial charge >= 0.3 is 0 Å². The molecule has 42 heavy (non-hydrogen) atoms. The minimum atomic E-state index is -1.17. The van der Waals surface area contributed by atoms with E-state index in [2.05, 4.69) is 45.5 Å². The summed E-state index contributed by atoms with van der Waals surface area (Å²) in [6.45, 7) is 13.7. The lowest BCUT2D eigenvalue weighted by Gasteiger charge is -2.27. The average Bonchev–Trinajstić information content (AvgIpc) is 3.85. The van der Waals surface area contributed by atoms with Crippen LogP contribution in [0.4, 0.5) is 5.82 Å². The number of hydrogen-bond acceptors (Lipinski definition) is 7. The van der Waals surface area contributed by atoms with Crippen LogP contribution in [0.3, 0.4) is 0 Å². The smallest absolute Gasteiger partial charge is 0.257 e. The zero-order valence-electron chi connectivity index (χ0n) is 25.3. The van der Waals surface area contributed by atoms with Crippen LogP contribution in [-0.2, 0) is 16.3 Å². The van der Waals surface area contributed by atoms with Crippen molar-refractivity contribution in [3.05, 3.63) is 46.2 Å². The molecule has 2 fully saturated rings. The first kappa shape index (κ1) is 30.4. The molecule has 0 unspecified atom stereocenters. The van der Waals surface area contributed by atoms with Crippen LogP contribution in [0.1, 0.15) is 53.1 Å². The van der Waals surface area contributed by atoms with Gasteiger partial charge in [-0.2, -0.15) is 5.10 Å². The number of aryl methyl sites for hydroxylation is 2. The van der Waals surface area contributed by atoms with Crippen molar-refractivity contribution in [1.82, 2.24) is 25.2 Å². The minimum absolute atomic E-state index is 0.0768. The Labute approximate surface area is 252 Å². The SMILES string of the molecule is Cc1nocc1C(=O)N[C@H](C(=O)Nc1ccc(-c2c(C)nn(COCC[Si](C)(C)C)c2C)c(Cl)n1)C(C1CC1)C1CC1. The fourth-order valence-electron chi connectivity index (χ4n) is 5.59. The molecule has 2 aliphatic rings. The van der Waals surface area contributed by atoms with Gasteiger partial charge in [-0.25, -0.2) is 9.67 Å². The summed E-state index contributed by atoms with van der Waals surface area (Å²) in [5, 5.41) is 14.7. The van der Waals surface area contributed by atoms with Gasteiger partial charge in [0.15, 0.2) is 0 Å². The monoisotopic (exact) mass is 612 g/mol. The highest BCUT2D eigenvalue weighted by molar-refractivity contribution is 6.76. The summed E-state index contributed by atoms with van der Waals surface area (Å²) >= 11 is 6.70. The van der Waals surface area contributed by atoms with Crippen LogP contribution in [0.25, 0.3) is 11.1 Å². The van der Waals surface area contributed by atoms with Crippen LogP contribution < -0.4 is 10.6 Å². The summed E-state index contributed by atoms with van der Waals surface area (Å²) in [5.41, 5.74) is 4.21. The number of rotatable bonds is 13. The van der Waals surface area contributed by atoms with E-state index >= 15 is 0 Å². The molecule has 0 aromatic carbocycles. The Bertz CT molecular complexity index is 1440. The van der Waals surface area contributed by atoms with Crippen molar-refractivity contribution in [2.24, 2.45) is 17.8 Å². The second-order valence-electron chi connectivity index (χ2n) is 12.9. The predicted molar refractivity (Wildman–Crippen MR) is 164 cm³/mol. The molecule has 2 saturated carbocycles. The van der Waals surface area contributed by atoms with Gasteiger partial charge in [-0.1, -0.05) is 36.4 Å². The quantitative estimate of drug-likeness (QED) is 0.138. The largest absolute Gasteiger partial charge is 0.364 e. The summed E-state index contributed by atoms with van der Waals surface area (Å²) in [7, 11) is -1.17. The van der Waals surface area contributed by atoms with Gasteiger partial charge in [0, 0.05) is 31.5 Å². The molecule has 226 valence electrons. The Hall–Kier alpha value is -3.02. The lowest BCUT2D eigenvalue weighted by atomic mass is 9.88. The predicted octanol–water partition coefficient (Wildman–Crippen LogP) is 6.00. The first-order valence-electron chi connectivity index (χ1n) is 14.7. The van der Waals surface area contributed by atoms with E-state index in [4.69, 9.17) is 20.9 Å². The highest BCUT2D eigenvalue weighted by atomic mass is 35.5. The van der Waals surface area contributed by atoms with Gasteiger partial charge in [-0.15, -0.1) is 0 Å². The number of halogens is 1. The van der Waals surface area contributed by atoms with Crippen molar-refractivity contribution in [3.8, 4) is 11.1 Å². The topological polar surface area (TPSA) is 124 Å². The molecule has 0 radical (unpaired) electrons. The van der Waals surface area contributed by atoms with E-state index in [0.29, 0.717) is 42.2 Å². The van der Waals surface area contributed by atoms with Crippen molar-refractivity contribution in [2.75, 3.05) is 11.9 Å². The average molecular weight is 613 g/mol. The number of pyridine rings is 1. The third-order valence-corrected chi connectivity index (χ3v) is 10.2. The van der Waals surface area contributed by atoms with Crippen LogP contribution in [0.15, 0.2) is 22.9 Å². The zero-order valence-corrected chi connectivity index (χ0v) is 27.0. The van der Waals surface area contributed by atoms with Crippen LogP contribution in [0.5, 0.6) is 0 Å². The fourth-order valence-corrected chi connectivity index (χ4v) is 6.60. The summed E-state index contributed by atoms with van der Waals surface area (Å²) < 4.78 is 12.7. The van der Waals surface area contributed by atoms with Gasteiger partial charge < -0.3 is 19.9 Å². The Balaban J connectivity index is 1.31. The normalized spacial score (nSPS) is 16.1.